The fourth-order valence-corrected chi connectivity index (χ4v) is 4.24. The Kier molecular flexibility index (Phi) is 4.56. The molecular formula is C15H23N3O2S. The number of sulfone groups is 1. The van der Waals surface area contributed by atoms with Gasteiger partial charge in [0.1, 0.15) is 9.84 Å². The van der Waals surface area contributed by atoms with Crippen LogP contribution in [0.15, 0.2) is 29.3 Å². The molecule has 1 aromatic carbocycles. The molecule has 0 amide bonds. The van der Waals surface area contributed by atoms with Gasteiger partial charge in [0.25, 0.3) is 0 Å². The lowest BCUT2D eigenvalue weighted by Gasteiger charge is -2.40. The van der Waals surface area contributed by atoms with Crippen LogP contribution in [0.5, 0.6) is 0 Å². The Morgan fingerprint density at radius 1 is 1.43 bits per heavy atom. The van der Waals surface area contributed by atoms with Gasteiger partial charge in [0.05, 0.1) is 5.75 Å². The summed E-state index contributed by atoms with van der Waals surface area (Å²) < 4.78 is 23.0. The minimum Gasteiger partial charge on any atom is -0.370 e. The number of benzene rings is 1. The number of nitrogens with two attached hydrogens (primary N) is 1. The molecule has 0 radical (unpaired) electrons. The van der Waals surface area contributed by atoms with E-state index in [4.69, 9.17) is 5.73 Å². The molecule has 5 nitrogen and oxygen atoms in total. The second-order valence-electron chi connectivity index (χ2n) is 6.12. The zero-order valence-electron chi connectivity index (χ0n) is 12.6. The molecule has 0 aromatic heterocycles. The highest BCUT2D eigenvalue weighted by atomic mass is 32.2. The highest BCUT2D eigenvalue weighted by Gasteiger charge is 2.39. The maximum atomic E-state index is 11.5. The molecule has 0 bridgehead atoms. The van der Waals surface area contributed by atoms with Crippen LogP contribution in [0.4, 0.5) is 5.69 Å². The third-order valence-corrected chi connectivity index (χ3v) is 4.99. The first-order chi connectivity index (χ1) is 9.78. The second kappa shape index (κ2) is 6.05. The Balaban J connectivity index is 1.99. The van der Waals surface area contributed by atoms with E-state index < -0.39 is 9.84 Å². The molecule has 0 spiro atoms. The molecule has 1 saturated carbocycles. The van der Waals surface area contributed by atoms with Gasteiger partial charge in [-0.15, -0.1) is 0 Å². The summed E-state index contributed by atoms with van der Waals surface area (Å²) in [5, 5.41) is 3.04. The van der Waals surface area contributed by atoms with Crippen LogP contribution in [0.3, 0.4) is 0 Å². The molecule has 0 saturated heterocycles. The molecule has 1 aromatic rings. The lowest BCUT2D eigenvalue weighted by molar-refractivity contribution is 0.177. The lowest BCUT2D eigenvalue weighted by atomic mass is 9.70. The minimum atomic E-state index is -2.99. The quantitative estimate of drug-likeness (QED) is 0.643. The van der Waals surface area contributed by atoms with E-state index in [2.05, 4.69) is 10.3 Å². The van der Waals surface area contributed by atoms with Crippen molar-refractivity contribution in [1.29, 1.82) is 0 Å². The number of aryl methyl sites for hydroxylation is 1. The van der Waals surface area contributed by atoms with Crippen molar-refractivity contribution in [3.8, 4) is 0 Å². The Morgan fingerprint density at radius 2 is 2.14 bits per heavy atom. The summed E-state index contributed by atoms with van der Waals surface area (Å²) in [4.78, 5) is 4.35. The summed E-state index contributed by atoms with van der Waals surface area (Å²) in [6, 6.07) is 7.86. The van der Waals surface area contributed by atoms with Crippen molar-refractivity contribution in [3.63, 3.8) is 0 Å². The largest absolute Gasteiger partial charge is 0.370 e. The summed E-state index contributed by atoms with van der Waals surface area (Å²) in [6.07, 6.45) is 4.16. The van der Waals surface area contributed by atoms with E-state index in [-0.39, 0.29) is 11.2 Å². The van der Waals surface area contributed by atoms with Gasteiger partial charge in [-0.1, -0.05) is 18.6 Å². The third-order valence-electron chi connectivity index (χ3n) is 3.86. The van der Waals surface area contributed by atoms with Crippen LogP contribution in [0.2, 0.25) is 0 Å². The number of hydrogen-bond donors (Lipinski definition) is 2. The fraction of sp³-hybridized carbons (Fsp3) is 0.533. The van der Waals surface area contributed by atoms with Crippen molar-refractivity contribution >= 4 is 21.5 Å². The van der Waals surface area contributed by atoms with Crippen molar-refractivity contribution in [3.05, 3.63) is 29.8 Å². The van der Waals surface area contributed by atoms with Gasteiger partial charge in [0, 0.05) is 23.9 Å². The topological polar surface area (TPSA) is 84.5 Å². The molecule has 0 atom stereocenters. The van der Waals surface area contributed by atoms with Crippen molar-refractivity contribution in [2.24, 2.45) is 16.1 Å². The number of nitrogens with zero attached hydrogens (tertiary/aromatic N) is 1. The van der Waals surface area contributed by atoms with Gasteiger partial charge in [0.2, 0.25) is 0 Å². The molecule has 1 fully saturated rings. The van der Waals surface area contributed by atoms with Crippen LogP contribution >= 0.6 is 0 Å². The summed E-state index contributed by atoms with van der Waals surface area (Å²) in [5.41, 5.74) is 7.71. The van der Waals surface area contributed by atoms with E-state index in [0.29, 0.717) is 12.5 Å². The third kappa shape index (κ3) is 4.74. The van der Waals surface area contributed by atoms with Crippen LogP contribution in [-0.2, 0) is 9.84 Å². The van der Waals surface area contributed by atoms with Gasteiger partial charge >= 0.3 is 0 Å². The maximum Gasteiger partial charge on any atom is 0.193 e. The molecule has 21 heavy (non-hydrogen) atoms. The molecular weight excluding hydrogens is 286 g/mol. The van der Waals surface area contributed by atoms with E-state index >= 15 is 0 Å². The Hall–Kier alpha value is -1.56. The van der Waals surface area contributed by atoms with Crippen molar-refractivity contribution in [1.82, 2.24) is 0 Å². The van der Waals surface area contributed by atoms with E-state index in [1.54, 1.807) is 0 Å². The smallest absolute Gasteiger partial charge is 0.193 e. The number of guanidine groups is 1. The van der Waals surface area contributed by atoms with Gasteiger partial charge in [-0.25, -0.2) is 8.42 Å². The molecule has 3 N–H and O–H groups in total. The zero-order chi connectivity index (χ0) is 15.5. The normalized spacial score (nSPS) is 18.1. The SMILES string of the molecule is Cc1cccc(NC(N)=NCC2(CS(C)(=O)=O)CCC2)c1. The number of anilines is 1. The second-order valence-corrected chi connectivity index (χ2v) is 8.26. The van der Waals surface area contributed by atoms with E-state index in [0.717, 1.165) is 30.5 Å². The van der Waals surface area contributed by atoms with Gasteiger partial charge in [0.15, 0.2) is 5.96 Å². The Labute approximate surface area is 126 Å². The van der Waals surface area contributed by atoms with E-state index in [9.17, 15) is 8.42 Å². The summed E-state index contributed by atoms with van der Waals surface area (Å²) in [7, 11) is -2.99. The predicted molar refractivity (Wildman–Crippen MR) is 87.3 cm³/mol. The average Bonchev–Trinajstić information content (AvgIpc) is 2.31. The first-order valence-electron chi connectivity index (χ1n) is 7.09. The minimum absolute atomic E-state index is 0.196. The standard InChI is InChI=1S/C15H23N3O2S/c1-12-5-3-6-13(9-12)18-14(16)17-10-15(7-4-8-15)11-21(2,19)20/h3,5-6,9H,4,7-8,10-11H2,1-2H3,(H3,16,17,18). The van der Waals surface area contributed by atoms with Crippen molar-refractivity contribution in [2.45, 2.75) is 26.2 Å². The molecule has 1 aliphatic carbocycles. The molecule has 0 heterocycles. The van der Waals surface area contributed by atoms with Gasteiger partial charge in [-0.3, -0.25) is 4.99 Å². The van der Waals surface area contributed by atoms with Gasteiger partial charge < -0.3 is 11.1 Å². The van der Waals surface area contributed by atoms with Crippen LogP contribution in [0, 0.1) is 12.3 Å². The summed E-state index contributed by atoms with van der Waals surface area (Å²) in [6.45, 7) is 2.47. The van der Waals surface area contributed by atoms with Crippen LogP contribution in [0.25, 0.3) is 0 Å². The maximum absolute atomic E-state index is 11.5. The fourth-order valence-electron chi connectivity index (χ4n) is 2.74. The van der Waals surface area contributed by atoms with E-state index in [1.165, 1.54) is 6.26 Å². The number of rotatable bonds is 5. The summed E-state index contributed by atoms with van der Waals surface area (Å²) in [5.74, 6) is 0.529. The molecule has 0 unspecified atom stereocenters. The highest BCUT2D eigenvalue weighted by Crippen LogP contribution is 2.42. The highest BCUT2D eigenvalue weighted by molar-refractivity contribution is 7.90. The van der Waals surface area contributed by atoms with E-state index in [1.807, 2.05) is 31.2 Å². The molecule has 1 aliphatic rings. The van der Waals surface area contributed by atoms with Crippen molar-refractivity contribution in [2.75, 3.05) is 23.9 Å². The van der Waals surface area contributed by atoms with Crippen LogP contribution < -0.4 is 11.1 Å². The monoisotopic (exact) mass is 309 g/mol. The summed E-state index contributed by atoms with van der Waals surface area (Å²) >= 11 is 0. The first-order valence-corrected chi connectivity index (χ1v) is 9.15. The number of aliphatic imine (C=N–C) groups is 1. The van der Waals surface area contributed by atoms with Crippen LogP contribution in [0.1, 0.15) is 24.8 Å². The molecule has 0 aliphatic heterocycles. The molecule has 2 rings (SSSR count). The average molecular weight is 309 g/mol. The zero-order valence-corrected chi connectivity index (χ0v) is 13.4. The van der Waals surface area contributed by atoms with Crippen LogP contribution in [-0.4, -0.2) is 32.9 Å². The Bertz CT molecular complexity index is 634. The predicted octanol–water partition coefficient (Wildman–Crippen LogP) is 1.94. The van der Waals surface area contributed by atoms with Gasteiger partial charge in [-0.2, -0.15) is 0 Å². The van der Waals surface area contributed by atoms with Crippen molar-refractivity contribution < 1.29 is 8.42 Å². The van der Waals surface area contributed by atoms with Gasteiger partial charge in [-0.05, 0) is 37.5 Å². The Morgan fingerprint density at radius 3 is 2.67 bits per heavy atom. The lowest BCUT2D eigenvalue weighted by Crippen LogP contribution is -2.40. The first kappa shape index (κ1) is 15.8. The molecule has 6 heteroatoms. The molecule has 116 valence electrons. The number of nitrogens with one attached hydrogen (secondary N) is 1. The number of hydrogen-bond acceptors (Lipinski definition) is 3.